The fraction of sp³-hybridized carbons (Fsp3) is 0.917. The zero-order chi connectivity index (χ0) is 11.3. The standard InChI is InChI=1S/C12H24N2O/c1-3-5-7-10(6-4-2)14-11(15)12(13)8-9-12/h10H,3-9,13H2,1-2H3,(H,14,15). The minimum absolute atomic E-state index is 0.0667. The maximum Gasteiger partial charge on any atom is 0.240 e. The Morgan fingerprint density at radius 3 is 2.47 bits per heavy atom. The third-order valence-corrected chi connectivity index (χ3v) is 3.12. The van der Waals surface area contributed by atoms with Crippen molar-refractivity contribution in [2.75, 3.05) is 0 Å². The normalized spacial score (nSPS) is 19.7. The third-order valence-electron chi connectivity index (χ3n) is 3.12. The van der Waals surface area contributed by atoms with Gasteiger partial charge in [-0.05, 0) is 25.7 Å². The van der Waals surface area contributed by atoms with E-state index in [1.165, 1.54) is 12.8 Å². The van der Waals surface area contributed by atoms with Crippen molar-refractivity contribution in [3.05, 3.63) is 0 Å². The summed E-state index contributed by atoms with van der Waals surface area (Å²) in [6, 6.07) is 0.337. The Balaban J connectivity index is 2.32. The molecule has 3 heteroatoms. The first-order valence-corrected chi connectivity index (χ1v) is 6.22. The fourth-order valence-electron chi connectivity index (χ4n) is 1.78. The van der Waals surface area contributed by atoms with Gasteiger partial charge in [-0.25, -0.2) is 0 Å². The number of carbonyl (C=O) groups is 1. The lowest BCUT2D eigenvalue weighted by atomic mass is 10.0. The lowest BCUT2D eigenvalue weighted by molar-refractivity contribution is -0.124. The predicted molar refractivity (Wildman–Crippen MR) is 62.5 cm³/mol. The van der Waals surface area contributed by atoms with Crippen LogP contribution in [0.4, 0.5) is 0 Å². The van der Waals surface area contributed by atoms with Crippen LogP contribution >= 0.6 is 0 Å². The van der Waals surface area contributed by atoms with Crippen LogP contribution in [0, 0.1) is 0 Å². The highest BCUT2D eigenvalue weighted by atomic mass is 16.2. The molecule has 0 aromatic rings. The minimum Gasteiger partial charge on any atom is -0.352 e. The average molecular weight is 212 g/mol. The topological polar surface area (TPSA) is 55.1 Å². The van der Waals surface area contributed by atoms with Gasteiger partial charge in [0.15, 0.2) is 0 Å². The Morgan fingerprint density at radius 2 is 2.00 bits per heavy atom. The van der Waals surface area contributed by atoms with Gasteiger partial charge in [0, 0.05) is 6.04 Å². The van der Waals surface area contributed by atoms with Crippen molar-refractivity contribution < 1.29 is 4.79 Å². The van der Waals surface area contributed by atoms with Gasteiger partial charge >= 0.3 is 0 Å². The van der Waals surface area contributed by atoms with Crippen LogP contribution in [0.2, 0.25) is 0 Å². The van der Waals surface area contributed by atoms with Crippen LogP contribution in [-0.2, 0) is 4.79 Å². The monoisotopic (exact) mass is 212 g/mol. The van der Waals surface area contributed by atoms with E-state index in [2.05, 4.69) is 19.2 Å². The molecule has 1 saturated carbocycles. The molecule has 0 aliphatic heterocycles. The molecule has 3 N–H and O–H groups in total. The van der Waals surface area contributed by atoms with E-state index in [1.807, 2.05) is 0 Å². The Labute approximate surface area is 92.8 Å². The molecule has 1 unspecified atom stereocenters. The number of hydrogen-bond acceptors (Lipinski definition) is 2. The highest BCUT2D eigenvalue weighted by Crippen LogP contribution is 2.32. The highest BCUT2D eigenvalue weighted by molar-refractivity contribution is 5.89. The summed E-state index contributed by atoms with van der Waals surface area (Å²) in [5.41, 5.74) is 5.34. The van der Waals surface area contributed by atoms with Crippen molar-refractivity contribution in [1.29, 1.82) is 0 Å². The lowest BCUT2D eigenvalue weighted by Gasteiger charge is -2.20. The Hall–Kier alpha value is -0.570. The van der Waals surface area contributed by atoms with Crippen LogP contribution in [0.15, 0.2) is 0 Å². The molecule has 1 aliphatic rings. The molecular weight excluding hydrogens is 188 g/mol. The largest absolute Gasteiger partial charge is 0.352 e. The van der Waals surface area contributed by atoms with Crippen molar-refractivity contribution in [2.24, 2.45) is 5.73 Å². The molecule has 0 heterocycles. The second-order valence-corrected chi connectivity index (χ2v) is 4.76. The van der Waals surface area contributed by atoms with Crippen LogP contribution in [0.3, 0.4) is 0 Å². The van der Waals surface area contributed by atoms with Gasteiger partial charge in [0.1, 0.15) is 0 Å². The quantitative estimate of drug-likeness (QED) is 0.677. The van der Waals surface area contributed by atoms with Gasteiger partial charge in [-0.1, -0.05) is 33.1 Å². The molecule has 0 spiro atoms. The number of rotatable bonds is 7. The Bertz CT molecular complexity index is 212. The number of nitrogens with one attached hydrogen (secondary N) is 1. The van der Waals surface area contributed by atoms with E-state index in [-0.39, 0.29) is 5.91 Å². The molecular formula is C12H24N2O. The molecule has 1 atom stereocenters. The number of unbranched alkanes of at least 4 members (excludes halogenated alkanes) is 1. The number of amides is 1. The zero-order valence-corrected chi connectivity index (χ0v) is 10.0. The summed E-state index contributed by atoms with van der Waals surface area (Å²) in [5.74, 6) is 0.0667. The summed E-state index contributed by atoms with van der Waals surface area (Å²) in [5, 5.41) is 3.09. The fourth-order valence-corrected chi connectivity index (χ4v) is 1.78. The van der Waals surface area contributed by atoms with Crippen LogP contribution in [-0.4, -0.2) is 17.5 Å². The summed E-state index contributed by atoms with van der Waals surface area (Å²) >= 11 is 0. The van der Waals surface area contributed by atoms with Gasteiger partial charge in [0.05, 0.1) is 5.54 Å². The smallest absolute Gasteiger partial charge is 0.240 e. The van der Waals surface area contributed by atoms with E-state index < -0.39 is 5.54 Å². The molecule has 0 bridgehead atoms. The molecule has 1 amide bonds. The predicted octanol–water partition coefficient (Wildman–Crippen LogP) is 1.95. The highest BCUT2D eigenvalue weighted by Gasteiger charge is 2.46. The van der Waals surface area contributed by atoms with Crippen molar-refractivity contribution in [2.45, 2.75) is 70.4 Å². The first-order chi connectivity index (χ1) is 7.12. The van der Waals surface area contributed by atoms with Crippen LogP contribution in [0.5, 0.6) is 0 Å². The number of carbonyl (C=O) groups excluding carboxylic acids is 1. The molecule has 0 saturated heterocycles. The number of hydrogen-bond donors (Lipinski definition) is 2. The molecule has 1 fully saturated rings. The van der Waals surface area contributed by atoms with E-state index in [9.17, 15) is 4.79 Å². The molecule has 88 valence electrons. The van der Waals surface area contributed by atoms with Gasteiger partial charge in [-0.2, -0.15) is 0 Å². The minimum atomic E-state index is -0.516. The maximum absolute atomic E-state index is 11.7. The molecule has 3 nitrogen and oxygen atoms in total. The van der Waals surface area contributed by atoms with Crippen molar-refractivity contribution in [1.82, 2.24) is 5.32 Å². The van der Waals surface area contributed by atoms with Crippen molar-refractivity contribution in [3.8, 4) is 0 Å². The van der Waals surface area contributed by atoms with Gasteiger partial charge in [-0.3, -0.25) is 4.79 Å². The summed E-state index contributed by atoms with van der Waals surface area (Å²) < 4.78 is 0. The van der Waals surface area contributed by atoms with Crippen molar-refractivity contribution >= 4 is 5.91 Å². The van der Waals surface area contributed by atoms with Crippen molar-refractivity contribution in [3.63, 3.8) is 0 Å². The molecule has 1 rings (SSSR count). The molecule has 1 aliphatic carbocycles. The van der Waals surface area contributed by atoms with E-state index in [1.54, 1.807) is 0 Å². The zero-order valence-electron chi connectivity index (χ0n) is 10.0. The van der Waals surface area contributed by atoms with E-state index in [4.69, 9.17) is 5.73 Å². The Kier molecular flexibility index (Phi) is 4.58. The van der Waals surface area contributed by atoms with Gasteiger partial charge in [-0.15, -0.1) is 0 Å². The second kappa shape index (κ2) is 5.50. The van der Waals surface area contributed by atoms with E-state index in [0.29, 0.717) is 6.04 Å². The molecule has 15 heavy (non-hydrogen) atoms. The number of nitrogens with two attached hydrogens (primary N) is 1. The Morgan fingerprint density at radius 1 is 1.33 bits per heavy atom. The van der Waals surface area contributed by atoms with Gasteiger partial charge in [0.25, 0.3) is 0 Å². The van der Waals surface area contributed by atoms with Gasteiger partial charge < -0.3 is 11.1 Å². The first-order valence-electron chi connectivity index (χ1n) is 6.22. The van der Waals surface area contributed by atoms with Crippen LogP contribution in [0.25, 0.3) is 0 Å². The first kappa shape index (κ1) is 12.5. The third kappa shape index (κ3) is 3.82. The van der Waals surface area contributed by atoms with Crippen LogP contribution < -0.4 is 11.1 Å². The second-order valence-electron chi connectivity index (χ2n) is 4.76. The molecule has 0 aromatic heterocycles. The SMILES string of the molecule is CCCCC(CCC)NC(=O)C1(N)CC1. The summed E-state index contributed by atoms with van der Waals surface area (Å²) in [6.07, 6.45) is 7.35. The molecule has 0 radical (unpaired) electrons. The summed E-state index contributed by atoms with van der Waals surface area (Å²) in [4.78, 5) is 11.7. The lowest BCUT2D eigenvalue weighted by Crippen LogP contribution is -2.47. The maximum atomic E-state index is 11.7. The van der Waals surface area contributed by atoms with E-state index in [0.717, 1.165) is 32.1 Å². The van der Waals surface area contributed by atoms with E-state index >= 15 is 0 Å². The average Bonchev–Trinajstić information content (AvgIpc) is 2.94. The summed E-state index contributed by atoms with van der Waals surface area (Å²) in [6.45, 7) is 4.33. The van der Waals surface area contributed by atoms with Crippen LogP contribution in [0.1, 0.15) is 58.8 Å². The molecule has 0 aromatic carbocycles. The van der Waals surface area contributed by atoms with Gasteiger partial charge in [0.2, 0.25) is 5.91 Å². The summed E-state index contributed by atoms with van der Waals surface area (Å²) in [7, 11) is 0.